The highest BCUT2D eigenvalue weighted by atomic mass is 35.5. The van der Waals surface area contributed by atoms with Crippen LogP contribution in [0.15, 0.2) is 34.3 Å². The summed E-state index contributed by atoms with van der Waals surface area (Å²) >= 11 is 11.5. The summed E-state index contributed by atoms with van der Waals surface area (Å²) in [5.74, 6) is -1.30. The number of hydrogen-bond acceptors (Lipinski definition) is 6. The van der Waals surface area contributed by atoms with Crippen LogP contribution >= 0.6 is 23.2 Å². The second-order valence-corrected chi connectivity index (χ2v) is 6.12. The number of benzene rings is 1. The second-order valence-electron chi connectivity index (χ2n) is 5.33. The molecule has 0 bridgehead atoms. The molecule has 1 aromatic carbocycles. The summed E-state index contributed by atoms with van der Waals surface area (Å²) in [6.45, 7) is 0.396. The maximum Gasteiger partial charge on any atom is 0.292 e. The van der Waals surface area contributed by atoms with Gasteiger partial charge in [0.15, 0.2) is 22.5 Å². The number of carbonyl (C=O) groups is 1. The zero-order chi connectivity index (χ0) is 20.7. The Morgan fingerprint density at radius 3 is 2.39 bits per heavy atom. The normalized spacial score (nSPS) is 11.9. The summed E-state index contributed by atoms with van der Waals surface area (Å²) in [5.41, 5.74) is 27.7. The highest BCUT2D eigenvalue weighted by molar-refractivity contribution is 6.31. The van der Waals surface area contributed by atoms with Crippen molar-refractivity contribution in [2.24, 2.45) is 21.5 Å². The van der Waals surface area contributed by atoms with E-state index in [1.807, 2.05) is 12.1 Å². The molecule has 148 valence electrons. The van der Waals surface area contributed by atoms with E-state index in [-0.39, 0.29) is 34.4 Å². The topological polar surface area (TPSA) is 196 Å². The number of amides is 1. The minimum absolute atomic E-state index is 0.0666. The zero-order valence-electron chi connectivity index (χ0n) is 14.5. The number of hydrogen-bond donors (Lipinski definition) is 6. The summed E-state index contributed by atoms with van der Waals surface area (Å²) in [4.78, 5) is 27.4. The van der Waals surface area contributed by atoms with Crippen molar-refractivity contribution in [2.75, 3.05) is 18.0 Å². The van der Waals surface area contributed by atoms with Crippen molar-refractivity contribution in [1.29, 1.82) is 0 Å². The number of aromatic nitrogens is 2. The molecule has 0 atom stereocenters. The van der Waals surface area contributed by atoms with Gasteiger partial charge in [0.2, 0.25) is 11.9 Å². The molecule has 10 N–H and O–H groups in total. The van der Waals surface area contributed by atoms with E-state index in [1.165, 1.54) is 0 Å². The fraction of sp³-hybridized carbons (Fsp3) is 0.133. The molecule has 13 heteroatoms. The molecule has 0 radical (unpaired) electrons. The number of carbonyl (C=O) groups excluding carboxylic acids is 1. The number of nitrogens with zero attached hydrogens (tertiary/aromatic N) is 4. The average Bonchev–Trinajstić information content (AvgIpc) is 2.64. The molecule has 2 aromatic rings. The molecule has 11 nitrogen and oxygen atoms in total. The van der Waals surface area contributed by atoms with Crippen molar-refractivity contribution in [3.8, 4) is 0 Å². The first-order valence-corrected chi connectivity index (χ1v) is 8.55. The first kappa shape index (κ1) is 21.0. The first-order chi connectivity index (χ1) is 13.3. The van der Waals surface area contributed by atoms with Crippen LogP contribution in [0.3, 0.4) is 0 Å². The van der Waals surface area contributed by atoms with E-state index in [1.54, 1.807) is 12.1 Å². The molecular formula is C15H18Cl2N10O. The fourth-order valence-electron chi connectivity index (χ4n) is 1.93. The van der Waals surface area contributed by atoms with Crippen LogP contribution < -0.4 is 33.8 Å². The van der Waals surface area contributed by atoms with Crippen LogP contribution in [0.4, 0.5) is 11.6 Å². The maximum atomic E-state index is 12.0. The Bertz CT molecular complexity index is 914. The van der Waals surface area contributed by atoms with Crippen LogP contribution in [0.5, 0.6) is 0 Å². The average molecular weight is 425 g/mol. The van der Waals surface area contributed by atoms with E-state index in [4.69, 9.17) is 46.1 Å². The van der Waals surface area contributed by atoms with Gasteiger partial charge in [0, 0.05) is 11.6 Å². The Balaban J connectivity index is 1.88. The van der Waals surface area contributed by atoms with Crippen molar-refractivity contribution in [2.45, 2.75) is 6.42 Å². The van der Waals surface area contributed by atoms with E-state index in [2.05, 4.69) is 30.8 Å². The van der Waals surface area contributed by atoms with E-state index in [0.29, 0.717) is 18.0 Å². The summed E-state index contributed by atoms with van der Waals surface area (Å²) in [5, 5.41) is 0.504. The number of rotatable bonds is 4. The van der Waals surface area contributed by atoms with Gasteiger partial charge in [0.05, 0.1) is 0 Å². The third-order valence-corrected chi connectivity index (χ3v) is 3.78. The van der Waals surface area contributed by atoms with Crippen molar-refractivity contribution < 1.29 is 4.79 Å². The molecule has 1 heterocycles. The van der Waals surface area contributed by atoms with Crippen LogP contribution in [0.1, 0.15) is 16.1 Å². The minimum Gasteiger partial charge on any atom is -0.382 e. The van der Waals surface area contributed by atoms with Crippen LogP contribution in [-0.4, -0.2) is 34.3 Å². The van der Waals surface area contributed by atoms with Crippen LogP contribution in [0.25, 0.3) is 0 Å². The van der Waals surface area contributed by atoms with Gasteiger partial charge in [-0.25, -0.2) is 9.97 Å². The molecule has 0 aliphatic rings. The minimum atomic E-state index is -0.747. The lowest BCUT2D eigenvalue weighted by molar-refractivity contribution is 0.0939. The predicted molar refractivity (Wildman–Crippen MR) is 110 cm³/mol. The molecule has 0 fully saturated rings. The van der Waals surface area contributed by atoms with Crippen molar-refractivity contribution in [1.82, 2.24) is 20.8 Å². The Hall–Kier alpha value is -3.31. The maximum absolute atomic E-state index is 12.0. The van der Waals surface area contributed by atoms with Crippen LogP contribution in [0, 0.1) is 0 Å². The number of aliphatic imine (C=N–C) groups is 2. The van der Waals surface area contributed by atoms with Crippen molar-refractivity contribution in [3.63, 3.8) is 0 Å². The number of nitrogen functional groups attached to an aromatic ring is 2. The molecule has 0 aliphatic heterocycles. The Morgan fingerprint density at radius 1 is 1.04 bits per heavy atom. The van der Waals surface area contributed by atoms with Gasteiger partial charge in [-0.1, -0.05) is 35.3 Å². The van der Waals surface area contributed by atoms with Gasteiger partial charge in [-0.05, 0) is 24.1 Å². The van der Waals surface area contributed by atoms with Gasteiger partial charge in [0.25, 0.3) is 5.91 Å². The van der Waals surface area contributed by atoms with Gasteiger partial charge >= 0.3 is 0 Å². The highest BCUT2D eigenvalue weighted by Gasteiger charge is 2.15. The molecule has 0 spiro atoms. The summed E-state index contributed by atoms with van der Waals surface area (Å²) in [6.07, 6.45) is 0.646. The SMILES string of the molecule is NC(=NCCc1ccc(Cl)cc1)N=C(N)NNC(=O)c1nc(Cl)c(N)nc1N. The summed E-state index contributed by atoms with van der Waals surface area (Å²) < 4.78 is 0. The van der Waals surface area contributed by atoms with Gasteiger partial charge in [-0.3, -0.25) is 20.6 Å². The number of anilines is 2. The van der Waals surface area contributed by atoms with Crippen molar-refractivity contribution in [3.05, 3.63) is 45.7 Å². The molecule has 28 heavy (non-hydrogen) atoms. The Labute approximate surface area is 170 Å². The largest absolute Gasteiger partial charge is 0.382 e. The Kier molecular flexibility index (Phi) is 7.18. The van der Waals surface area contributed by atoms with E-state index in [9.17, 15) is 4.79 Å². The van der Waals surface area contributed by atoms with E-state index < -0.39 is 5.91 Å². The number of hydrazine groups is 1. The van der Waals surface area contributed by atoms with Crippen molar-refractivity contribution >= 4 is 52.7 Å². The molecular weight excluding hydrogens is 407 g/mol. The molecule has 1 amide bonds. The van der Waals surface area contributed by atoms with E-state index in [0.717, 1.165) is 5.56 Å². The van der Waals surface area contributed by atoms with Gasteiger partial charge in [-0.2, -0.15) is 4.99 Å². The molecule has 1 aromatic heterocycles. The third kappa shape index (κ3) is 6.14. The molecule has 2 rings (SSSR count). The quantitative estimate of drug-likeness (QED) is 0.224. The Morgan fingerprint density at radius 2 is 1.71 bits per heavy atom. The van der Waals surface area contributed by atoms with Gasteiger partial charge < -0.3 is 22.9 Å². The molecule has 0 saturated carbocycles. The van der Waals surface area contributed by atoms with Crippen LogP contribution in [0.2, 0.25) is 10.2 Å². The number of nitrogens with two attached hydrogens (primary N) is 4. The lowest BCUT2D eigenvalue weighted by Gasteiger charge is -2.09. The number of guanidine groups is 2. The fourth-order valence-corrected chi connectivity index (χ4v) is 2.18. The van der Waals surface area contributed by atoms with Gasteiger partial charge in [0.1, 0.15) is 0 Å². The van der Waals surface area contributed by atoms with Gasteiger partial charge in [-0.15, -0.1) is 0 Å². The summed E-state index contributed by atoms with van der Waals surface area (Å²) in [6, 6.07) is 7.36. The first-order valence-electron chi connectivity index (χ1n) is 7.79. The molecule has 0 aliphatic carbocycles. The summed E-state index contributed by atoms with van der Waals surface area (Å²) in [7, 11) is 0. The lowest BCUT2D eigenvalue weighted by atomic mass is 10.1. The second kappa shape index (κ2) is 9.58. The lowest BCUT2D eigenvalue weighted by Crippen LogP contribution is -2.46. The smallest absolute Gasteiger partial charge is 0.292 e. The number of nitrogens with one attached hydrogen (secondary N) is 2. The predicted octanol–water partition coefficient (Wildman–Crippen LogP) is 0.0543. The van der Waals surface area contributed by atoms with E-state index >= 15 is 0 Å². The highest BCUT2D eigenvalue weighted by Crippen LogP contribution is 2.16. The monoisotopic (exact) mass is 424 g/mol. The number of halogens is 2. The van der Waals surface area contributed by atoms with Crippen LogP contribution in [-0.2, 0) is 6.42 Å². The molecule has 0 unspecified atom stereocenters. The standard InChI is InChI=1S/C15H18Cl2N10O/c16-8-3-1-7(2-4-8)5-6-22-14(20)25-15(21)27-26-13(28)9-11(18)24-12(19)10(17)23-9/h1-4H,5-6H2,(H,26,28)(H4,18,19,24)(H5,20,21,22,25,27). The third-order valence-electron chi connectivity index (χ3n) is 3.25. The molecule has 0 saturated heterocycles. The zero-order valence-corrected chi connectivity index (χ0v) is 16.0.